The van der Waals surface area contributed by atoms with Crippen LogP contribution in [-0.4, -0.2) is 103 Å². The molecule has 0 amide bonds. The molecule has 2 fully saturated rings. The molecule has 0 radical (unpaired) electrons. The molecule has 2 saturated heterocycles. The maximum atomic E-state index is 5.50. The van der Waals surface area contributed by atoms with Crippen LogP contribution in [0.25, 0.3) is 0 Å². The first-order valence-corrected chi connectivity index (χ1v) is 16.6. The van der Waals surface area contributed by atoms with E-state index in [-0.39, 0.29) is 0 Å². The van der Waals surface area contributed by atoms with Gasteiger partial charge < -0.3 is 9.47 Å². The Morgan fingerprint density at radius 3 is 1.30 bits per heavy atom. The summed E-state index contributed by atoms with van der Waals surface area (Å²) in [5.74, 6) is 0. The Morgan fingerprint density at radius 1 is 0.667 bits per heavy atom. The smallest absolute Gasteiger partial charge is 0.0594 e. The first kappa shape index (κ1) is 23.9. The van der Waals surface area contributed by atoms with Crippen LogP contribution in [0.2, 0.25) is 26.2 Å². The average Bonchev–Trinajstić information content (AvgIpc) is 2.76. The van der Waals surface area contributed by atoms with Gasteiger partial charge in [0.2, 0.25) is 0 Å². The highest BCUT2D eigenvalue weighted by molar-refractivity contribution is 6.72. The fraction of sp³-hybridized carbons (Fsp3) is 0.667. The average molecular weight is 445 g/mol. The van der Waals surface area contributed by atoms with Gasteiger partial charge in [0.25, 0.3) is 0 Å². The summed E-state index contributed by atoms with van der Waals surface area (Å²) in [4.78, 5) is 5.12. The van der Waals surface area contributed by atoms with Gasteiger partial charge in [-0.3, -0.25) is 9.80 Å². The molecule has 1 aromatic carbocycles. The van der Waals surface area contributed by atoms with Crippen molar-refractivity contribution in [2.75, 3.05) is 65.7 Å². The maximum Gasteiger partial charge on any atom is 0.0594 e. The summed E-state index contributed by atoms with van der Waals surface area (Å²) in [6.45, 7) is 20.0. The molecule has 0 aromatic heterocycles. The van der Waals surface area contributed by atoms with Crippen LogP contribution >= 0.6 is 0 Å². The molecule has 166 valence electrons. The van der Waals surface area contributed by atoms with E-state index in [1.165, 1.54) is 37.1 Å². The van der Waals surface area contributed by atoms with Crippen molar-refractivity contribution < 1.29 is 9.47 Å². The van der Waals surface area contributed by atoms with E-state index in [9.17, 15) is 0 Å². The third-order valence-corrected chi connectivity index (χ3v) is 9.84. The van der Waals surface area contributed by atoms with Crippen LogP contribution in [-0.2, 0) is 9.47 Å². The molecule has 0 spiro atoms. The second-order valence-corrected chi connectivity index (χ2v) is 14.1. The predicted molar refractivity (Wildman–Crippen MR) is 133 cm³/mol. The van der Waals surface area contributed by atoms with Gasteiger partial charge in [0.05, 0.1) is 26.4 Å². The number of ether oxygens (including phenoxy) is 2. The molecular formula is C24H40N2O2Si2. The molecule has 30 heavy (non-hydrogen) atoms. The summed E-state index contributed by atoms with van der Waals surface area (Å²) in [6, 6.07) is 9.62. The molecule has 0 bridgehead atoms. The molecule has 0 unspecified atom stereocenters. The van der Waals surface area contributed by atoms with Crippen LogP contribution < -0.4 is 0 Å². The standard InChI is InChI=1S/C24H40N2O2Si2/c1-29(2)23(9-11-25-13-17-27-18-14-25)21-5-7-22(8-6-21)24(30(3)4)10-12-26-15-19-28-20-16-26/h5-8H,9-20H2,1-4H3. The highest BCUT2D eigenvalue weighted by atomic mass is 28.2. The van der Waals surface area contributed by atoms with E-state index < -0.39 is 16.8 Å². The van der Waals surface area contributed by atoms with Crippen molar-refractivity contribution in [1.82, 2.24) is 9.80 Å². The SMILES string of the molecule is C[Si](C)=C(CCN1CCOCC1)c1ccc(C(CCN2CCOCC2)=[Si](C)C)cc1. The number of hydrogen-bond acceptors (Lipinski definition) is 4. The fourth-order valence-electron chi connectivity index (χ4n) is 4.43. The fourth-order valence-corrected chi connectivity index (χ4v) is 7.14. The molecule has 6 heteroatoms. The topological polar surface area (TPSA) is 24.9 Å². The summed E-state index contributed by atoms with van der Waals surface area (Å²) < 4.78 is 11.0. The molecular weight excluding hydrogens is 404 g/mol. The highest BCUT2D eigenvalue weighted by Crippen LogP contribution is 2.13. The van der Waals surface area contributed by atoms with E-state index in [2.05, 4.69) is 60.3 Å². The van der Waals surface area contributed by atoms with Gasteiger partial charge >= 0.3 is 0 Å². The van der Waals surface area contributed by atoms with Crippen molar-refractivity contribution in [3.05, 3.63) is 35.4 Å². The molecule has 2 aliphatic heterocycles. The van der Waals surface area contributed by atoms with Gasteiger partial charge in [-0.05, 0) is 24.0 Å². The number of nitrogens with zero attached hydrogens (tertiary/aromatic N) is 2. The molecule has 0 N–H and O–H groups in total. The van der Waals surface area contributed by atoms with Gasteiger partial charge in [-0.2, -0.15) is 0 Å². The molecule has 0 aliphatic carbocycles. The zero-order valence-corrected chi connectivity index (χ0v) is 21.5. The second-order valence-electron chi connectivity index (χ2n) is 8.94. The highest BCUT2D eigenvalue weighted by Gasteiger charge is 2.14. The van der Waals surface area contributed by atoms with Crippen molar-refractivity contribution in [1.29, 1.82) is 0 Å². The summed E-state index contributed by atoms with van der Waals surface area (Å²) in [5.41, 5.74) is 2.94. The Morgan fingerprint density at radius 2 is 1.00 bits per heavy atom. The Balaban J connectivity index is 1.64. The van der Waals surface area contributed by atoms with Crippen LogP contribution in [0, 0.1) is 0 Å². The lowest BCUT2D eigenvalue weighted by Gasteiger charge is -2.27. The minimum Gasteiger partial charge on any atom is -0.379 e. The molecule has 0 saturated carbocycles. The van der Waals surface area contributed by atoms with Gasteiger partial charge in [0, 0.05) is 56.1 Å². The van der Waals surface area contributed by atoms with Crippen LogP contribution in [0.5, 0.6) is 0 Å². The third kappa shape index (κ3) is 7.14. The molecule has 3 rings (SSSR count). The van der Waals surface area contributed by atoms with E-state index in [0.717, 1.165) is 52.6 Å². The Hall–Kier alpha value is -0.766. The summed E-state index contributed by atoms with van der Waals surface area (Å²) in [6.07, 6.45) is 2.40. The van der Waals surface area contributed by atoms with Crippen LogP contribution in [0.3, 0.4) is 0 Å². The normalized spacial score (nSPS) is 18.3. The summed E-state index contributed by atoms with van der Waals surface area (Å²) in [5, 5.41) is 3.37. The molecule has 2 aliphatic rings. The molecule has 1 aromatic rings. The van der Waals surface area contributed by atoms with Gasteiger partial charge in [-0.15, -0.1) is 0 Å². The lowest BCUT2D eigenvalue weighted by molar-refractivity contribution is 0.0392. The van der Waals surface area contributed by atoms with Crippen LogP contribution in [0.4, 0.5) is 0 Å². The lowest BCUT2D eigenvalue weighted by atomic mass is 10.0. The van der Waals surface area contributed by atoms with Gasteiger partial charge in [0.1, 0.15) is 0 Å². The van der Waals surface area contributed by atoms with Crippen LogP contribution in [0.15, 0.2) is 24.3 Å². The number of hydrogen-bond donors (Lipinski definition) is 0. The van der Waals surface area contributed by atoms with Gasteiger partial charge in [-0.25, -0.2) is 0 Å². The zero-order chi connectivity index (χ0) is 21.3. The largest absolute Gasteiger partial charge is 0.379 e. The zero-order valence-electron chi connectivity index (χ0n) is 19.5. The summed E-state index contributed by atoms with van der Waals surface area (Å²) >= 11 is 0. The van der Waals surface area contributed by atoms with Crippen molar-refractivity contribution in [2.24, 2.45) is 0 Å². The van der Waals surface area contributed by atoms with Crippen molar-refractivity contribution in [2.45, 2.75) is 39.0 Å². The first-order chi connectivity index (χ1) is 14.5. The van der Waals surface area contributed by atoms with Gasteiger partial charge in [0.15, 0.2) is 0 Å². The first-order valence-electron chi connectivity index (χ1n) is 11.6. The predicted octanol–water partition coefficient (Wildman–Crippen LogP) is 2.84. The second kappa shape index (κ2) is 12.3. The Kier molecular flexibility index (Phi) is 9.81. The van der Waals surface area contributed by atoms with Crippen molar-refractivity contribution in [3.63, 3.8) is 0 Å². The monoisotopic (exact) mass is 444 g/mol. The van der Waals surface area contributed by atoms with E-state index >= 15 is 0 Å². The molecule has 2 heterocycles. The van der Waals surface area contributed by atoms with E-state index in [1.807, 2.05) is 0 Å². The Bertz CT molecular complexity index is 663. The van der Waals surface area contributed by atoms with E-state index in [4.69, 9.17) is 9.47 Å². The Labute approximate surface area is 186 Å². The van der Waals surface area contributed by atoms with E-state index in [0.29, 0.717) is 0 Å². The number of morpholine rings is 2. The number of rotatable bonds is 8. The quantitative estimate of drug-likeness (QED) is 0.576. The minimum absolute atomic E-state index is 0.459. The summed E-state index contributed by atoms with van der Waals surface area (Å²) in [7, 11) is -0.917. The lowest BCUT2D eigenvalue weighted by Crippen LogP contribution is -2.38. The third-order valence-electron chi connectivity index (χ3n) is 6.35. The van der Waals surface area contributed by atoms with E-state index in [1.54, 1.807) is 10.3 Å². The van der Waals surface area contributed by atoms with Gasteiger partial charge in [-0.1, -0.05) is 60.8 Å². The minimum atomic E-state index is -0.459. The molecule has 4 nitrogen and oxygen atoms in total. The maximum absolute atomic E-state index is 5.50. The van der Waals surface area contributed by atoms with Crippen LogP contribution in [0.1, 0.15) is 24.0 Å². The van der Waals surface area contributed by atoms with Crippen molar-refractivity contribution >= 4 is 27.2 Å². The molecule has 0 atom stereocenters. The van der Waals surface area contributed by atoms with Crippen molar-refractivity contribution in [3.8, 4) is 0 Å². The number of benzene rings is 1.